The number of methoxy groups -OCH3 is 1. The number of ether oxygens (including phenoxy) is 1. The highest BCUT2D eigenvalue weighted by atomic mass is 16.5. The molecule has 1 amide bonds. The fourth-order valence-electron chi connectivity index (χ4n) is 1.95. The van der Waals surface area contributed by atoms with Gasteiger partial charge < -0.3 is 15.4 Å². The Morgan fingerprint density at radius 2 is 1.89 bits per heavy atom. The number of nitrogens with two attached hydrogens (primary N) is 1. The van der Waals surface area contributed by atoms with Crippen LogP contribution < -0.4 is 5.73 Å². The smallest absolute Gasteiger partial charge is 0.223 e. The lowest BCUT2D eigenvalue weighted by Gasteiger charge is -2.25. The summed E-state index contributed by atoms with van der Waals surface area (Å²) >= 11 is 0. The number of benzene rings is 1. The van der Waals surface area contributed by atoms with Gasteiger partial charge in [-0.1, -0.05) is 19.1 Å². The Kier molecular flexibility index (Phi) is 5.83. The van der Waals surface area contributed by atoms with Crippen molar-refractivity contribution in [1.82, 2.24) is 4.90 Å². The van der Waals surface area contributed by atoms with Gasteiger partial charge in [-0.15, -0.1) is 0 Å². The first-order valence-corrected chi connectivity index (χ1v) is 6.55. The summed E-state index contributed by atoms with van der Waals surface area (Å²) in [6.45, 7) is 4.59. The quantitative estimate of drug-likeness (QED) is 0.802. The summed E-state index contributed by atoms with van der Waals surface area (Å²) in [5.74, 6) is 0.319. The number of carbonyl (C=O) groups excluding carboxylic acids is 1. The predicted molar refractivity (Wildman–Crippen MR) is 78.0 cm³/mol. The van der Waals surface area contributed by atoms with E-state index in [1.807, 2.05) is 38.2 Å². The van der Waals surface area contributed by atoms with Crippen LogP contribution in [0, 0.1) is 0 Å². The SMILES string of the molecule is COCC(C)N(C)C(=O)CC(C)c1ccc(N)cc1. The van der Waals surface area contributed by atoms with Crippen LogP contribution in [-0.4, -0.2) is 37.6 Å². The Hall–Kier alpha value is -1.55. The molecule has 0 aromatic heterocycles. The third-order valence-electron chi connectivity index (χ3n) is 3.45. The lowest BCUT2D eigenvalue weighted by molar-refractivity contribution is -0.132. The monoisotopic (exact) mass is 264 g/mol. The largest absolute Gasteiger partial charge is 0.399 e. The Bertz CT molecular complexity index is 403. The zero-order valence-corrected chi connectivity index (χ0v) is 12.2. The molecule has 0 aliphatic rings. The van der Waals surface area contributed by atoms with Crippen molar-refractivity contribution in [2.24, 2.45) is 0 Å². The molecule has 0 saturated carbocycles. The minimum Gasteiger partial charge on any atom is -0.399 e. The molecule has 1 rings (SSSR count). The minimum absolute atomic E-state index is 0.0936. The molecule has 0 aliphatic heterocycles. The lowest BCUT2D eigenvalue weighted by atomic mass is 9.97. The minimum atomic E-state index is 0.0936. The highest BCUT2D eigenvalue weighted by Gasteiger charge is 2.18. The van der Waals surface area contributed by atoms with Gasteiger partial charge in [-0.05, 0) is 30.5 Å². The van der Waals surface area contributed by atoms with E-state index in [9.17, 15) is 4.79 Å². The normalized spacial score (nSPS) is 13.9. The molecule has 2 N–H and O–H groups in total. The van der Waals surface area contributed by atoms with E-state index in [0.29, 0.717) is 13.0 Å². The van der Waals surface area contributed by atoms with Gasteiger partial charge in [-0.3, -0.25) is 4.79 Å². The average Bonchev–Trinajstić information content (AvgIpc) is 2.38. The molecule has 19 heavy (non-hydrogen) atoms. The van der Waals surface area contributed by atoms with Gasteiger partial charge in [0.2, 0.25) is 5.91 Å². The van der Waals surface area contributed by atoms with E-state index in [0.717, 1.165) is 11.3 Å². The van der Waals surface area contributed by atoms with Crippen LogP contribution in [0.25, 0.3) is 0 Å². The lowest BCUT2D eigenvalue weighted by Crippen LogP contribution is -2.38. The number of nitrogens with zero attached hydrogens (tertiary/aromatic N) is 1. The van der Waals surface area contributed by atoms with Crippen LogP contribution in [0.2, 0.25) is 0 Å². The van der Waals surface area contributed by atoms with Gasteiger partial charge >= 0.3 is 0 Å². The third kappa shape index (κ3) is 4.56. The van der Waals surface area contributed by atoms with Crippen LogP contribution in [0.4, 0.5) is 5.69 Å². The summed E-state index contributed by atoms with van der Waals surface area (Å²) in [6.07, 6.45) is 0.495. The molecule has 0 saturated heterocycles. The number of amides is 1. The molecule has 1 aromatic rings. The molecule has 0 spiro atoms. The maximum atomic E-state index is 12.2. The summed E-state index contributed by atoms with van der Waals surface area (Å²) < 4.78 is 5.07. The van der Waals surface area contributed by atoms with Crippen LogP contribution in [-0.2, 0) is 9.53 Å². The Morgan fingerprint density at radius 3 is 2.42 bits per heavy atom. The van der Waals surface area contributed by atoms with E-state index in [4.69, 9.17) is 10.5 Å². The maximum absolute atomic E-state index is 12.2. The molecule has 0 heterocycles. The third-order valence-corrected chi connectivity index (χ3v) is 3.45. The Labute approximate surface area is 115 Å². The van der Waals surface area contributed by atoms with E-state index < -0.39 is 0 Å². The van der Waals surface area contributed by atoms with E-state index in [1.165, 1.54) is 0 Å². The first-order valence-electron chi connectivity index (χ1n) is 6.55. The number of carbonyl (C=O) groups is 1. The summed E-state index contributed by atoms with van der Waals surface area (Å²) in [5.41, 5.74) is 7.54. The van der Waals surface area contributed by atoms with Crippen molar-refractivity contribution in [1.29, 1.82) is 0 Å². The predicted octanol–water partition coefficient (Wildman–Crippen LogP) is 2.26. The van der Waals surface area contributed by atoms with Crippen LogP contribution in [0.3, 0.4) is 0 Å². The first kappa shape index (κ1) is 15.5. The summed E-state index contributed by atoms with van der Waals surface area (Å²) in [7, 11) is 3.47. The Morgan fingerprint density at radius 1 is 1.32 bits per heavy atom. The number of likely N-dealkylation sites (N-methyl/N-ethyl adjacent to an activating group) is 1. The molecular weight excluding hydrogens is 240 g/mol. The molecule has 0 fully saturated rings. The zero-order chi connectivity index (χ0) is 14.4. The van der Waals surface area contributed by atoms with Gasteiger partial charge in [0.05, 0.1) is 12.6 Å². The molecular formula is C15H24N2O2. The van der Waals surface area contributed by atoms with Crippen molar-refractivity contribution >= 4 is 11.6 Å². The van der Waals surface area contributed by atoms with Crippen LogP contribution >= 0.6 is 0 Å². The molecule has 4 heteroatoms. The zero-order valence-electron chi connectivity index (χ0n) is 12.2. The van der Waals surface area contributed by atoms with Crippen LogP contribution in [0.15, 0.2) is 24.3 Å². The van der Waals surface area contributed by atoms with Crippen molar-refractivity contribution < 1.29 is 9.53 Å². The molecule has 4 nitrogen and oxygen atoms in total. The van der Waals surface area contributed by atoms with Gasteiger partial charge in [0.25, 0.3) is 0 Å². The highest BCUT2D eigenvalue weighted by molar-refractivity contribution is 5.77. The standard InChI is InChI=1S/C15H24N2O2/c1-11(13-5-7-14(16)8-6-13)9-15(18)17(3)12(2)10-19-4/h5-8,11-12H,9-10,16H2,1-4H3. The van der Waals surface area contributed by atoms with Crippen molar-refractivity contribution in [2.45, 2.75) is 32.2 Å². The van der Waals surface area contributed by atoms with Crippen molar-refractivity contribution in [2.75, 3.05) is 26.5 Å². The molecule has 106 valence electrons. The number of nitrogen functional groups attached to an aromatic ring is 1. The second kappa shape index (κ2) is 7.14. The van der Waals surface area contributed by atoms with Gasteiger partial charge in [-0.25, -0.2) is 0 Å². The van der Waals surface area contributed by atoms with Gasteiger partial charge in [-0.2, -0.15) is 0 Å². The van der Waals surface area contributed by atoms with E-state index >= 15 is 0 Å². The van der Waals surface area contributed by atoms with E-state index in [-0.39, 0.29) is 17.9 Å². The second-order valence-electron chi connectivity index (χ2n) is 5.08. The Balaban J connectivity index is 2.58. The molecule has 0 bridgehead atoms. The number of hydrogen-bond donors (Lipinski definition) is 1. The second-order valence-corrected chi connectivity index (χ2v) is 5.08. The van der Waals surface area contributed by atoms with Crippen LogP contribution in [0.5, 0.6) is 0 Å². The summed E-state index contributed by atoms with van der Waals surface area (Å²) in [5, 5.41) is 0. The van der Waals surface area contributed by atoms with Gasteiger partial charge in [0, 0.05) is 26.3 Å². The fraction of sp³-hybridized carbons (Fsp3) is 0.533. The number of hydrogen-bond acceptors (Lipinski definition) is 3. The van der Waals surface area contributed by atoms with E-state index in [2.05, 4.69) is 6.92 Å². The fourth-order valence-corrected chi connectivity index (χ4v) is 1.95. The van der Waals surface area contributed by atoms with E-state index in [1.54, 1.807) is 12.0 Å². The maximum Gasteiger partial charge on any atom is 0.223 e. The number of rotatable bonds is 6. The summed E-state index contributed by atoms with van der Waals surface area (Å²) in [6, 6.07) is 7.79. The van der Waals surface area contributed by atoms with Gasteiger partial charge in [0.15, 0.2) is 0 Å². The van der Waals surface area contributed by atoms with Crippen molar-refractivity contribution in [3.63, 3.8) is 0 Å². The molecule has 2 unspecified atom stereocenters. The van der Waals surface area contributed by atoms with Gasteiger partial charge in [0.1, 0.15) is 0 Å². The number of anilines is 1. The first-order chi connectivity index (χ1) is 8.95. The molecule has 2 atom stereocenters. The molecule has 1 aromatic carbocycles. The molecule has 0 aliphatic carbocycles. The van der Waals surface area contributed by atoms with Crippen molar-refractivity contribution in [3.8, 4) is 0 Å². The molecule has 0 radical (unpaired) electrons. The van der Waals surface area contributed by atoms with Crippen LogP contribution in [0.1, 0.15) is 31.7 Å². The van der Waals surface area contributed by atoms with Crippen molar-refractivity contribution in [3.05, 3.63) is 29.8 Å². The highest BCUT2D eigenvalue weighted by Crippen LogP contribution is 2.21. The average molecular weight is 264 g/mol. The summed E-state index contributed by atoms with van der Waals surface area (Å²) in [4.78, 5) is 13.9. The topological polar surface area (TPSA) is 55.6 Å².